The predicted octanol–water partition coefficient (Wildman–Crippen LogP) is 3.28. The Kier molecular flexibility index (Phi) is 4.77. The second-order valence-corrected chi connectivity index (χ2v) is 6.44. The standard InChI is InChI=1S/C21H22N4O4/c1-22-21-18(20-23-15-6-4-5-7-16(15)24-20)19(27)17(11-26)25(21)12-8-13(28-2)10-14(9-12)29-3/h4-10,22,26-27H,11H2,1-3H3,(H,23,24). The van der Waals surface area contributed by atoms with E-state index < -0.39 is 0 Å². The number of aromatic nitrogens is 3. The summed E-state index contributed by atoms with van der Waals surface area (Å²) >= 11 is 0. The summed E-state index contributed by atoms with van der Waals surface area (Å²) in [5.74, 6) is 2.18. The first-order valence-electron chi connectivity index (χ1n) is 9.05. The third-order valence-electron chi connectivity index (χ3n) is 4.85. The van der Waals surface area contributed by atoms with Crippen LogP contribution in [0.4, 0.5) is 5.82 Å². The van der Waals surface area contributed by atoms with Crippen LogP contribution in [0.5, 0.6) is 17.2 Å². The number of aliphatic hydroxyl groups is 1. The van der Waals surface area contributed by atoms with E-state index in [-0.39, 0.29) is 12.4 Å². The van der Waals surface area contributed by atoms with E-state index in [1.165, 1.54) is 0 Å². The molecule has 0 saturated carbocycles. The Morgan fingerprint density at radius 3 is 2.38 bits per heavy atom. The normalized spacial score (nSPS) is 11.0. The van der Waals surface area contributed by atoms with E-state index in [1.807, 2.05) is 24.3 Å². The van der Waals surface area contributed by atoms with E-state index in [4.69, 9.17) is 9.47 Å². The van der Waals surface area contributed by atoms with Gasteiger partial charge in [0.05, 0.1) is 43.2 Å². The summed E-state index contributed by atoms with van der Waals surface area (Å²) in [6.45, 7) is -0.375. The molecular formula is C21H22N4O4. The van der Waals surface area contributed by atoms with Crippen molar-refractivity contribution in [2.75, 3.05) is 26.6 Å². The fraction of sp³-hybridized carbons (Fsp3) is 0.190. The van der Waals surface area contributed by atoms with E-state index in [2.05, 4.69) is 15.3 Å². The second kappa shape index (κ2) is 7.40. The fourth-order valence-corrected chi connectivity index (χ4v) is 3.49. The van der Waals surface area contributed by atoms with Gasteiger partial charge >= 0.3 is 0 Å². The third-order valence-corrected chi connectivity index (χ3v) is 4.85. The topological polar surface area (TPSA) is 105 Å². The molecule has 0 unspecified atom stereocenters. The lowest BCUT2D eigenvalue weighted by Crippen LogP contribution is -2.06. The molecule has 0 radical (unpaired) electrons. The molecule has 2 heterocycles. The maximum Gasteiger partial charge on any atom is 0.152 e. The number of aliphatic hydroxyl groups excluding tert-OH is 1. The van der Waals surface area contributed by atoms with Crippen molar-refractivity contribution in [2.45, 2.75) is 6.61 Å². The second-order valence-electron chi connectivity index (χ2n) is 6.44. The fourth-order valence-electron chi connectivity index (χ4n) is 3.49. The zero-order valence-electron chi connectivity index (χ0n) is 16.4. The first-order chi connectivity index (χ1) is 14.1. The number of nitrogens with zero attached hydrogens (tertiary/aromatic N) is 2. The Morgan fingerprint density at radius 1 is 1.10 bits per heavy atom. The molecule has 8 nitrogen and oxygen atoms in total. The lowest BCUT2D eigenvalue weighted by Gasteiger charge is -2.15. The number of para-hydroxylation sites is 2. The van der Waals surface area contributed by atoms with Gasteiger partial charge in [-0.3, -0.25) is 4.57 Å². The number of H-pyrrole nitrogens is 1. The van der Waals surface area contributed by atoms with Crippen LogP contribution >= 0.6 is 0 Å². The van der Waals surface area contributed by atoms with Crippen molar-refractivity contribution in [1.82, 2.24) is 14.5 Å². The lowest BCUT2D eigenvalue weighted by atomic mass is 10.2. The van der Waals surface area contributed by atoms with Gasteiger partial charge in [0.1, 0.15) is 28.7 Å². The summed E-state index contributed by atoms with van der Waals surface area (Å²) in [6, 6.07) is 13.0. The smallest absolute Gasteiger partial charge is 0.152 e. The highest BCUT2D eigenvalue weighted by molar-refractivity contribution is 5.87. The van der Waals surface area contributed by atoms with Gasteiger partial charge in [-0.05, 0) is 12.1 Å². The Hall–Kier alpha value is -3.65. The Bertz CT molecular complexity index is 1120. The first kappa shape index (κ1) is 18.7. The highest BCUT2D eigenvalue weighted by atomic mass is 16.5. The van der Waals surface area contributed by atoms with Crippen molar-refractivity contribution in [2.24, 2.45) is 0 Å². The quantitative estimate of drug-likeness (QED) is 0.400. The first-order valence-corrected chi connectivity index (χ1v) is 9.05. The molecule has 150 valence electrons. The van der Waals surface area contributed by atoms with Crippen LogP contribution in [0.3, 0.4) is 0 Å². The molecule has 2 aromatic heterocycles. The molecule has 0 atom stereocenters. The molecule has 8 heteroatoms. The monoisotopic (exact) mass is 394 g/mol. The number of methoxy groups -OCH3 is 2. The zero-order valence-corrected chi connectivity index (χ0v) is 16.4. The maximum atomic E-state index is 11.0. The molecule has 0 aliphatic carbocycles. The van der Waals surface area contributed by atoms with Crippen molar-refractivity contribution in [3.05, 3.63) is 48.2 Å². The molecule has 0 aliphatic heterocycles. The number of ether oxygens (including phenoxy) is 2. The lowest BCUT2D eigenvalue weighted by molar-refractivity contribution is 0.268. The molecule has 4 rings (SSSR count). The van der Waals surface area contributed by atoms with Crippen molar-refractivity contribution in [3.63, 3.8) is 0 Å². The van der Waals surface area contributed by atoms with Gasteiger partial charge in [-0.15, -0.1) is 0 Å². The summed E-state index contributed by atoms with van der Waals surface area (Å²) < 4.78 is 12.5. The molecule has 4 aromatic rings. The van der Waals surface area contributed by atoms with Crippen LogP contribution in [-0.2, 0) is 6.61 Å². The number of rotatable bonds is 6. The summed E-state index contributed by atoms with van der Waals surface area (Å²) in [7, 11) is 4.88. The van der Waals surface area contributed by atoms with Gasteiger partial charge in [-0.25, -0.2) is 4.98 Å². The minimum Gasteiger partial charge on any atom is -0.505 e. The molecule has 0 saturated heterocycles. The number of aromatic hydroxyl groups is 1. The number of fused-ring (bicyclic) bond motifs is 1. The summed E-state index contributed by atoms with van der Waals surface area (Å²) in [5, 5.41) is 24.1. The highest BCUT2D eigenvalue weighted by Crippen LogP contribution is 2.43. The third kappa shape index (κ3) is 3.03. The van der Waals surface area contributed by atoms with Gasteiger partial charge in [0.15, 0.2) is 5.75 Å². The van der Waals surface area contributed by atoms with E-state index in [9.17, 15) is 10.2 Å². The van der Waals surface area contributed by atoms with Crippen LogP contribution in [-0.4, -0.2) is 46.0 Å². The average molecular weight is 394 g/mol. The molecule has 0 amide bonds. The number of aromatic amines is 1. The number of imidazole rings is 1. The average Bonchev–Trinajstić information content (AvgIpc) is 3.30. The minimum atomic E-state index is -0.375. The van der Waals surface area contributed by atoms with E-state index >= 15 is 0 Å². The van der Waals surface area contributed by atoms with Gasteiger partial charge in [0, 0.05) is 25.2 Å². The van der Waals surface area contributed by atoms with Crippen LogP contribution in [0, 0.1) is 0 Å². The largest absolute Gasteiger partial charge is 0.505 e. The number of hydrogen-bond acceptors (Lipinski definition) is 6. The van der Waals surface area contributed by atoms with E-state index in [0.29, 0.717) is 40.1 Å². The maximum absolute atomic E-state index is 11.0. The Balaban J connectivity index is 2.00. The van der Waals surface area contributed by atoms with Crippen LogP contribution < -0.4 is 14.8 Å². The summed E-state index contributed by atoms with van der Waals surface area (Å²) in [4.78, 5) is 7.84. The van der Waals surface area contributed by atoms with Gasteiger partial charge in [0.25, 0.3) is 0 Å². The molecule has 0 spiro atoms. The van der Waals surface area contributed by atoms with Crippen molar-refractivity contribution in [3.8, 4) is 34.3 Å². The molecule has 0 aliphatic rings. The van der Waals surface area contributed by atoms with Crippen LogP contribution in [0.15, 0.2) is 42.5 Å². The highest BCUT2D eigenvalue weighted by Gasteiger charge is 2.26. The molecule has 0 fully saturated rings. The van der Waals surface area contributed by atoms with Crippen molar-refractivity contribution in [1.29, 1.82) is 0 Å². The summed E-state index contributed by atoms with van der Waals surface area (Å²) in [5.41, 5.74) is 3.08. The van der Waals surface area contributed by atoms with Crippen LogP contribution in [0.1, 0.15) is 5.69 Å². The summed E-state index contributed by atoms with van der Waals surface area (Å²) in [6.07, 6.45) is 0. The number of benzene rings is 2. The van der Waals surface area contributed by atoms with Gasteiger partial charge < -0.3 is 30.0 Å². The van der Waals surface area contributed by atoms with Gasteiger partial charge in [-0.2, -0.15) is 0 Å². The number of anilines is 1. The van der Waals surface area contributed by atoms with Crippen LogP contribution in [0.25, 0.3) is 28.1 Å². The zero-order chi connectivity index (χ0) is 20.5. The van der Waals surface area contributed by atoms with E-state index in [0.717, 1.165) is 11.0 Å². The van der Waals surface area contributed by atoms with Crippen molar-refractivity contribution >= 4 is 16.9 Å². The Labute approximate surface area is 167 Å². The van der Waals surface area contributed by atoms with Crippen LogP contribution in [0.2, 0.25) is 0 Å². The Morgan fingerprint density at radius 2 is 1.79 bits per heavy atom. The number of hydrogen-bond donors (Lipinski definition) is 4. The molecular weight excluding hydrogens is 372 g/mol. The predicted molar refractivity (Wildman–Crippen MR) is 111 cm³/mol. The molecule has 29 heavy (non-hydrogen) atoms. The number of nitrogens with one attached hydrogen (secondary N) is 2. The molecule has 2 aromatic carbocycles. The minimum absolute atomic E-state index is 0.0577. The van der Waals surface area contributed by atoms with Gasteiger partial charge in [-0.1, -0.05) is 12.1 Å². The van der Waals surface area contributed by atoms with E-state index in [1.54, 1.807) is 44.0 Å². The SMILES string of the molecule is CNc1c(-c2nc3ccccc3[nH]2)c(O)c(CO)n1-c1cc(OC)cc(OC)c1. The molecule has 4 N–H and O–H groups in total. The van der Waals surface area contributed by atoms with Crippen molar-refractivity contribution < 1.29 is 19.7 Å². The molecule has 0 bridgehead atoms. The van der Waals surface area contributed by atoms with Gasteiger partial charge in [0.2, 0.25) is 0 Å².